The van der Waals surface area contributed by atoms with E-state index in [1.54, 1.807) is 0 Å². The zero-order valence-electron chi connectivity index (χ0n) is 15.2. The molecule has 0 fully saturated rings. The summed E-state index contributed by atoms with van der Waals surface area (Å²) in [7, 11) is 0. The molecule has 0 saturated heterocycles. The number of rotatable bonds is 3. The van der Waals surface area contributed by atoms with Crippen molar-refractivity contribution in [2.75, 3.05) is 5.32 Å². The number of carbonyl (C=O) groups is 1. The average Bonchev–Trinajstić information content (AvgIpc) is 2.65. The first kappa shape index (κ1) is 21.8. The molecule has 1 aliphatic rings. The van der Waals surface area contributed by atoms with Crippen molar-refractivity contribution in [1.29, 1.82) is 0 Å². The third kappa shape index (κ3) is 4.16. The van der Waals surface area contributed by atoms with Gasteiger partial charge in [0.25, 0.3) is 11.9 Å². The zero-order chi connectivity index (χ0) is 22.3. The van der Waals surface area contributed by atoms with Gasteiger partial charge in [-0.15, -0.1) is 0 Å². The van der Waals surface area contributed by atoms with Crippen LogP contribution in [0.3, 0.4) is 0 Å². The minimum Gasteiger partial charge on any atom is -0.449 e. The highest BCUT2D eigenvalue weighted by Crippen LogP contribution is 2.43. The van der Waals surface area contributed by atoms with Gasteiger partial charge < -0.3 is 15.8 Å². The Morgan fingerprint density at radius 3 is 2.60 bits per heavy atom. The van der Waals surface area contributed by atoms with Crippen LogP contribution in [0.1, 0.15) is 23.0 Å². The van der Waals surface area contributed by atoms with E-state index in [0.717, 1.165) is 25.1 Å². The number of ether oxygens (including phenoxy) is 1. The minimum atomic E-state index is -5.11. The van der Waals surface area contributed by atoms with E-state index in [1.165, 1.54) is 18.3 Å². The first-order valence-electron chi connectivity index (χ1n) is 8.37. The van der Waals surface area contributed by atoms with E-state index in [0.29, 0.717) is 5.02 Å². The van der Waals surface area contributed by atoms with Gasteiger partial charge in [-0.3, -0.25) is 4.79 Å². The molecular weight excluding hydrogens is 435 g/mol. The van der Waals surface area contributed by atoms with Crippen molar-refractivity contribution in [2.45, 2.75) is 30.9 Å². The Morgan fingerprint density at radius 1 is 1.30 bits per heavy atom. The van der Waals surface area contributed by atoms with E-state index in [4.69, 9.17) is 17.3 Å². The summed E-state index contributed by atoms with van der Waals surface area (Å²) in [5.74, 6) is -1.74. The lowest BCUT2D eigenvalue weighted by Crippen LogP contribution is -2.55. The third-order valence-corrected chi connectivity index (χ3v) is 4.67. The molecule has 30 heavy (non-hydrogen) atoms. The summed E-state index contributed by atoms with van der Waals surface area (Å²) in [5.41, 5.74) is 2.36. The summed E-state index contributed by atoms with van der Waals surface area (Å²) in [6.07, 6.45) is -9.61. The standard InChI is InChI=1S/C18H14ClF5N4O2/c1-17(13(21)14(18(22,23)24)30-16(25)28-17)10-6-9(3-4-11(10)20)27-15(29)12-5-2-8(19)7-26-12/h2-7,13-14H,1H3,(H2,25,28)(H,27,29)/t13-,14-,17+/m0/s1. The smallest absolute Gasteiger partial charge is 0.428 e. The van der Waals surface area contributed by atoms with Crippen LogP contribution in [0.5, 0.6) is 0 Å². The van der Waals surface area contributed by atoms with Crippen molar-refractivity contribution in [2.24, 2.45) is 10.7 Å². The molecule has 0 unspecified atom stereocenters. The number of hydrogen-bond donors (Lipinski definition) is 2. The summed E-state index contributed by atoms with van der Waals surface area (Å²) in [5, 5.41) is 2.70. The summed E-state index contributed by atoms with van der Waals surface area (Å²) in [6.45, 7) is 0.955. The molecule has 3 atom stereocenters. The first-order chi connectivity index (χ1) is 13.9. The maximum absolute atomic E-state index is 14.8. The van der Waals surface area contributed by atoms with Crippen LogP contribution >= 0.6 is 11.6 Å². The molecule has 6 nitrogen and oxygen atoms in total. The van der Waals surface area contributed by atoms with Gasteiger partial charge in [0, 0.05) is 17.4 Å². The Kier molecular flexibility index (Phi) is 5.59. The number of amidine groups is 1. The number of alkyl halides is 4. The summed E-state index contributed by atoms with van der Waals surface area (Å²) >= 11 is 5.70. The number of carbonyl (C=O) groups excluding carboxylic acids is 1. The number of hydrogen-bond acceptors (Lipinski definition) is 5. The molecule has 2 aromatic rings. The van der Waals surface area contributed by atoms with Crippen LogP contribution in [-0.2, 0) is 10.3 Å². The number of pyridine rings is 1. The number of nitrogens with zero attached hydrogens (tertiary/aromatic N) is 2. The maximum Gasteiger partial charge on any atom is 0.428 e. The number of nitrogens with two attached hydrogens (primary N) is 1. The second-order valence-electron chi connectivity index (χ2n) is 6.59. The fraction of sp³-hybridized carbons (Fsp3) is 0.278. The summed E-state index contributed by atoms with van der Waals surface area (Å²) < 4.78 is 73.1. The second-order valence-corrected chi connectivity index (χ2v) is 7.03. The number of halogens is 6. The average molecular weight is 449 g/mol. The zero-order valence-corrected chi connectivity index (χ0v) is 15.9. The van der Waals surface area contributed by atoms with Gasteiger partial charge in [-0.2, -0.15) is 13.2 Å². The van der Waals surface area contributed by atoms with E-state index < -0.39 is 47.3 Å². The fourth-order valence-corrected chi connectivity index (χ4v) is 3.05. The van der Waals surface area contributed by atoms with E-state index in [2.05, 4.69) is 20.0 Å². The summed E-state index contributed by atoms with van der Waals surface area (Å²) in [4.78, 5) is 19.7. The number of anilines is 1. The number of aliphatic imine (C=N–C) groups is 1. The van der Waals surface area contributed by atoms with E-state index in [9.17, 15) is 26.7 Å². The number of nitrogens with one attached hydrogen (secondary N) is 1. The van der Waals surface area contributed by atoms with Crippen LogP contribution in [-0.4, -0.2) is 35.4 Å². The lowest BCUT2D eigenvalue weighted by atomic mass is 9.83. The van der Waals surface area contributed by atoms with E-state index >= 15 is 0 Å². The highest BCUT2D eigenvalue weighted by atomic mass is 35.5. The third-order valence-electron chi connectivity index (χ3n) is 4.45. The molecule has 0 saturated carbocycles. The molecule has 12 heteroatoms. The molecule has 0 aliphatic carbocycles. The Hall–Kier alpha value is -2.95. The normalized spacial score (nSPS) is 24.0. The minimum absolute atomic E-state index is 0.0228. The number of amides is 1. The Morgan fingerprint density at radius 2 is 2.00 bits per heavy atom. The van der Waals surface area contributed by atoms with Crippen molar-refractivity contribution in [3.63, 3.8) is 0 Å². The highest BCUT2D eigenvalue weighted by molar-refractivity contribution is 6.30. The van der Waals surface area contributed by atoms with Crippen LogP contribution in [0.25, 0.3) is 0 Å². The van der Waals surface area contributed by atoms with Crippen molar-refractivity contribution in [1.82, 2.24) is 4.98 Å². The monoisotopic (exact) mass is 448 g/mol. The fourth-order valence-electron chi connectivity index (χ4n) is 2.94. The Labute approximate surface area is 171 Å². The van der Waals surface area contributed by atoms with Crippen molar-refractivity contribution in [3.8, 4) is 0 Å². The highest BCUT2D eigenvalue weighted by Gasteiger charge is 2.58. The molecule has 1 aromatic carbocycles. The number of aromatic nitrogens is 1. The van der Waals surface area contributed by atoms with Gasteiger partial charge in [0.1, 0.15) is 17.1 Å². The maximum atomic E-state index is 14.8. The molecule has 3 rings (SSSR count). The topological polar surface area (TPSA) is 89.6 Å². The molecular formula is C18H14ClF5N4O2. The predicted octanol–water partition coefficient (Wildman–Crippen LogP) is 3.96. The van der Waals surface area contributed by atoms with Crippen LogP contribution < -0.4 is 11.1 Å². The van der Waals surface area contributed by atoms with Gasteiger partial charge in [0.05, 0.1) is 5.02 Å². The van der Waals surface area contributed by atoms with Crippen LogP contribution in [0.2, 0.25) is 5.02 Å². The van der Waals surface area contributed by atoms with Crippen LogP contribution in [0.4, 0.5) is 27.6 Å². The summed E-state index contributed by atoms with van der Waals surface area (Å²) in [6, 6.07) is 4.81. The SMILES string of the molecule is C[C@]1(c2cc(NC(=O)c3ccc(Cl)cn3)ccc2F)N=C(N)O[C@H](C(F)(F)F)[C@@H]1F. The second kappa shape index (κ2) is 7.71. The van der Waals surface area contributed by atoms with Crippen molar-refractivity contribution >= 4 is 29.2 Å². The lowest BCUT2D eigenvalue weighted by molar-refractivity contribution is -0.227. The largest absolute Gasteiger partial charge is 0.449 e. The van der Waals surface area contributed by atoms with Crippen LogP contribution in [0.15, 0.2) is 41.5 Å². The van der Waals surface area contributed by atoms with E-state index in [-0.39, 0.29) is 11.4 Å². The van der Waals surface area contributed by atoms with Gasteiger partial charge >= 0.3 is 6.18 Å². The van der Waals surface area contributed by atoms with Gasteiger partial charge in [-0.25, -0.2) is 18.8 Å². The molecule has 0 radical (unpaired) electrons. The Bertz CT molecular complexity index is 999. The lowest BCUT2D eigenvalue weighted by Gasteiger charge is -2.39. The first-order valence-corrected chi connectivity index (χ1v) is 8.75. The van der Waals surface area contributed by atoms with Gasteiger partial charge in [-0.05, 0) is 37.3 Å². The molecule has 160 valence electrons. The van der Waals surface area contributed by atoms with Gasteiger partial charge in [-0.1, -0.05) is 11.6 Å². The molecule has 1 aliphatic heterocycles. The van der Waals surface area contributed by atoms with Gasteiger partial charge in [0.15, 0.2) is 6.17 Å². The van der Waals surface area contributed by atoms with E-state index in [1.807, 2.05) is 0 Å². The van der Waals surface area contributed by atoms with Crippen molar-refractivity contribution < 1.29 is 31.5 Å². The molecule has 1 amide bonds. The molecule has 2 heterocycles. The molecule has 3 N–H and O–H groups in total. The quantitative estimate of drug-likeness (QED) is 0.696. The van der Waals surface area contributed by atoms with Crippen LogP contribution in [0, 0.1) is 5.82 Å². The Balaban J connectivity index is 1.97. The predicted molar refractivity (Wildman–Crippen MR) is 98.4 cm³/mol. The molecule has 1 aromatic heterocycles. The van der Waals surface area contributed by atoms with Gasteiger partial charge in [0.2, 0.25) is 6.10 Å². The number of benzene rings is 1. The molecule has 0 spiro atoms. The van der Waals surface area contributed by atoms with Crippen molar-refractivity contribution in [3.05, 3.63) is 58.6 Å². The molecule has 0 bridgehead atoms.